The quantitative estimate of drug-likeness (QED) is 0.487. The Balaban J connectivity index is 1.66. The number of aryl methyl sites for hydroxylation is 2. The van der Waals surface area contributed by atoms with Crippen molar-refractivity contribution in [2.45, 2.75) is 34.1 Å². The summed E-state index contributed by atoms with van der Waals surface area (Å²) in [6, 6.07) is 10.4. The van der Waals surface area contributed by atoms with E-state index in [2.05, 4.69) is 16.7 Å². The van der Waals surface area contributed by atoms with Gasteiger partial charge in [-0.05, 0) is 74.2 Å². The molecule has 0 bridgehead atoms. The van der Waals surface area contributed by atoms with Crippen molar-refractivity contribution < 1.29 is 23.9 Å². The molecule has 0 heterocycles. The van der Waals surface area contributed by atoms with Crippen LogP contribution in [0.1, 0.15) is 40.4 Å². The number of hydrogen-bond donors (Lipinski definition) is 2. The van der Waals surface area contributed by atoms with E-state index in [1.165, 1.54) is 24.6 Å². The third kappa shape index (κ3) is 7.24. The van der Waals surface area contributed by atoms with Gasteiger partial charge in [-0.3, -0.25) is 9.59 Å². The number of carbonyl (C=O) groups is 3. The van der Waals surface area contributed by atoms with Crippen LogP contribution in [0.3, 0.4) is 0 Å². The highest BCUT2D eigenvalue weighted by Gasteiger charge is 2.10. The Morgan fingerprint density at radius 3 is 2.37 bits per heavy atom. The number of ether oxygens (including phenoxy) is 2. The Hall–Kier alpha value is -3.35. The lowest BCUT2D eigenvalue weighted by Crippen LogP contribution is -2.30. The lowest BCUT2D eigenvalue weighted by Gasteiger charge is -2.12. The zero-order chi connectivity index (χ0) is 22.1. The molecule has 2 aromatic rings. The van der Waals surface area contributed by atoms with Crippen molar-refractivity contribution in [1.29, 1.82) is 0 Å². The molecular weight excluding hydrogens is 384 g/mol. The zero-order valence-corrected chi connectivity index (χ0v) is 17.8. The van der Waals surface area contributed by atoms with E-state index < -0.39 is 5.97 Å². The normalized spacial score (nSPS) is 10.3. The number of esters is 1. The van der Waals surface area contributed by atoms with E-state index in [1.54, 1.807) is 12.1 Å². The van der Waals surface area contributed by atoms with Crippen molar-refractivity contribution in [1.82, 2.24) is 5.32 Å². The maximum absolute atomic E-state index is 12.0. The van der Waals surface area contributed by atoms with Crippen molar-refractivity contribution >= 4 is 23.5 Å². The van der Waals surface area contributed by atoms with E-state index in [-0.39, 0.29) is 18.4 Å². The second kappa shape index (κ2) is 11.0. The van der Waals surface area contributed by atoms with Gasteiger partial charge in [0, 0.05) is 19.2 Å². The molecule has 0 saturated heterocycles. The number of rotatable bonds is 9. The van der Waals surface area contributed by atoms with Crippen molar-refractivity contribution in [3.05, 3.63) is 58.7 Å². The van der Waals surface area contributed by atoms with Crippen molar-refractivity contribution in [3.8, 4) is 5.75 Å². The maximum atomic E-state index is 12.0. The zero-order valence-electron chi connectivity index (χ0n) is 17.8. The minimum atomic E-state index is -0.604. The number of carbonyl (C=O) groups excluding carboxylic acids is 3. The SMILES string of the molecule is CC(=O)Nc1ccc(C(=O)OCC(=O)NCCCOc2cc(C)cc(C)c2C)cc1. The highest BCUT2D eigenvalue weighted by atomic mass is 16.5. The van der Waals surface area contributed by atoms with Gasteiger partial charge in [-0.15, -0.1) is 0 Å². The fraction of sp³-hybridized carbons (Fsp3) is 0.348. The maximum Gasteiger partial charge on any atom is 0.338 e. The van der Waals surface area contributed by atoms with Crippen LogP contribution in [0.25, 0.3) is 0 Å². The molecule has 30 heavy (non-hydrogen) atoms. The monoisotopic (exact) mass is 412 g/mol. The van der Waals surface area contributed by atoms with Crippen molar-refractivity contribution in [2.24, 2.45) is 0 Å². The average molecular weight is 412 g/mol. The second-order valence-electron chi connectivity index (χ2n) is 7.09. The predicted molar refractivity (Wildman–Crippen MR) is 115 cm³/mol. The number of anilines is 1. The summed E-state index contributed by atoms with van der Waals surface area (Å²) >= 11 is 0. The molecule has 160 valence electrons. The fourth-order valence-electron chi connectivity index (χ4n) is 2.79. The summed E-state index contributed by atoms with van der Waals surface area (Å²) in [7, 11) is 0. The first-order chi connectivity index (χ1) is 14.3. The van der Waals surface area contributed by atoms with Gasteiger partial charge in [-0.1, -0.05) is 6.07 Å². The van der Waals surface area contributed by atoms with E-state index in [4.69, 9.17) is 9.47 Å². The highest BCUT2D eigenvalue weighted by Crippen LogP contribution is 2.23. The predicted octanol–water partition coefficient (Wildman–Crippen LogP) is 3.31. The summed E-state index contributed by atoms with van der Waals surface area (Å²) in [5.74, 6) is -0.317. The van der Waals surface area contributed by atoms with Gasteiger partial charge in [0.1, 0.15) is 5.75 Å². The van der Waals surface area contributed by atoms with Gasteiger partial charge in [0.2, 0.25) is 5.91 Å². The number of hydrogen-bond acceptors (Lipinski definition) is 5. The summed E-state index contributed by atoms with van der Waals surface area (Å²) < 4.78 is 10.8. The third-order valence-corrected chi connectivity index (χ3v) is 4.44. The minimum absolute atomic E-state index is 0.198. The van der Waals surface area contributed by atoms with Gasteiger partial charge >= 0.3 is 5.97 Å². The lowest BCUT2D eigenvalue weighted by molar-refractivity contribution is -0.124. The molecule has 0 saturated carbocycles. The third-order valence-electron chi connectivity index (χ3n) is 4.44. The molecule has 0 aromatic heterocycles. The van der Waals surface area contributed by atoms with Crippen LogP contribution in [0.2, 0.25) is 0 Å². The van der Waals surface area contributed by atoms with E-state index >= 15 is 0 Å². The van der Waals surface area contributed by atoms with Crippen LogP contribution in [-0.4, -0.2) is 37.5 Å². The van der Waals surface area contributed by atoms with Crippen molar-refractivity contribution in [3.63, 3.8) is 0 Å². The van der Waals surface area contributed by atoms with Crippen molar-refractivity contribution in [2.75, 3.05) is 25.1 Å². The molecule has 0 radical (unpaired) electrons. The Kier molecular flexibility index (Phi) is 8.41. The summed E-state index contributed by atoms with van der Waals surface area (Å²) in [6.45, 7) is 8.04. The molecular formula is C23H28N2O5. The smallest absolute Gasteiger partial charge is 0.338 e. The number of amides is 2. The molecule has 0 fully saturated rings. The van der Waals surface area contributed by atoms with Crippen LogP contribution < -0.4 is 15.4 Å². The van der Waals surface area contributed by atoms with Crippen LogP contribution in [0.15, 0.2) is 36.4 Å². The first-order valence-electron chi connectivity index (χ1n) is 9.78. The molecule has 2 amide bonds. The van der Waals surface area contributed by atoms with Crippen LogP contribution in [0.5, 0.6) is 5.75 Å². The Morgan fingerprint density at radius 1 is 1.00 bits per heavy atom. The number of benzene rings is 2. The van der Waals surface area contributed by atoms with Gasteiger partial charge in [-0.2, -0.15) is 0 Å². The van der Waals surface area contributed by atoms with E-state index in [0.717, 1.165) is 16.9 Å². The summed E-state index contributed by atoms with van der Waals surface area (Å²) in [5, 5.41) is 5.31. The van der Waals surface area contributed by atoms with Crippen LogP contribution in [0.4, 0.5) is 5.69 Å². The average Bonchev–Trinajstić information content (AvgIpc) is 2.69. The Bertz CT molecular complexity index is 907. The summed E-state index contributed by atoms with van der Waals surface area (Å²) in [5.41, 5.74) is 4.32. The summed E-state index contributed by atoms with van der Waals surface area (Å²) in [4.78, 5) is 34.8. The Morgan fingerprint density at radius 2 is 1.70 bits per heavy atom. The molecule has 0 unspecified atom stereocenters. The van der Waals surface area contributed by atoms with Crippen LogP contribution in [-0.2, 0) is 14.3 Å². The van der Waals surface area contributed by atoms with Gasteiger partial charge in [-0.25, -0.2) is 4.79 Å². The highest BCUT2D eigenvalue weighted by molar-refractivity contribution is 5.93. The first kappa shape index (κ1) is 22.9. The molecule has 7 heteroatoms. The first-order valence-corrected chi connectivity index (χ1v) is 9.78. The molecule has 2 rings (SSSR count). The topological polar surface area (TPSA) is 93.7 Å². The van der Waals surface area contributed by atoms with Crippen LogP contribution in [0, 0.1) is 20.8 Å². The molecule has 0 aliphatic heterocycles. The van der Waals surface area contributed by atoms with E-state index in [0.29, 0.717) is 30.8 Å². The fourth-order valence-corrected chi connectivity index (χ4v) is 2.79. The van der Waals surface area contributed by atoms with E-state index in [9.17, 15) is 14.4 Å². The minimum Gasteiger partial charge on any atom is -0.493 e. The number of nitrogens with one attached hydrogen (secondary N) is 2. The second-order valence-corrected chi connectivity index (χ2v) is 7.09. The van der Waals surface area contributed by atoms with Crippen LogP contribution >= 0.6 is 0 Å². The molecule has 2 N–H and O–H groups in total. The molecule has 0 spiro atoms. The lowest BCUT2D eigenvalue weighted by atomic mass is 10.1. The Labute approximate surface area is 176 Å². The van der Waals surface area contributed by atoms with E-state index in [1.807, 2.05) is 26.8 Å². The van der Waals surface area contributed by atoms with Gasteiger partial charge in [0.25, 0.3) is 5.91 Å². The van der Waals surface area contributed by atoms with Gasteiger partial charge in [0.15, 0.2) is 6.61 Å². The summed E-state index contributed by atoms with van der Waals surface area (Å²) in [6.07, 6.45) is 0.636. The molecule has 0 aliphatic carbocycles. The molecule has 0 aliphatic rings. The largest absolute Gasteiger partial charge is 0.493 e. The molecule has 2 aromatic carbocycles. The molecule has 0 atom stereocenters. The van der Waals surface area contributed by atoms with Gasteiger partial charge < -0.3 is 20.1 Å². The van der Waals surface area contributed by atoms with Gasteiger partial charge in [0.05, 0.1) is 12.2 Å². The standard InChI is InChI=1S/C23H28N2O5/c1-15-12-16(2)17(3)21(13-15)29-11-5-10-24-22(27)14-30-23(28)19-6-8-20(9-7-19)25-18(4)26/h6-9,12-13H,5,10-11,14H2,1-4H3,(H,24,27)(H,25,26). The molecule has 7 nitrogen and oxygen atoms in total.